The zero-order valence-corrected chi connectivity index (χ0v) is 10.9. The molecule has 98 valence electrons. The Bertz CT molecular complexity index is 383. The van der Waals surface area contributed by atoms with Gasteiger partial charge in [-0.3, -0.25) is 4.79 Å². The Hall–Kier alpha value is -1.35. The lowest BCUT2D eigenvalue weighted by molar-refractivity contribution is -0.154. The van der Waals surface area contributed by atoms with Crippen LogP contribution in [0.25, 0.3) is 0 Å². The molecule has 3 heteroatoms. The van der Waals surface area contributed by atoms with Crippen molar-refractivity contribution in [2.75, 3.05) is 7.05 Å². The van der Waals surface area contributed by atoms with Crippen LogP contribution in [0.4, 0.5) is 0 Å². The Labute approximate surface area is 109 Å². The van der Waals surface area contributed by atoms with Crippen LogP contribution in [0.15, 0.2) is 30.3 Å². The largest absolute Gasteiger partial charge is 0.459 e. The predicted octanol–water partition coefficient (Wildman–Crippen LogP) is 2.65. The van der Waals surface area contributed by atoms with Crippen LogP contribution in [0.2, 0.25) is 0 Å². The van der Waals surface area contributed by atoms with E-state index >= 15 is 0 Å². The summed E-state index contributed by atoms with van der Waals surface area (Å²) in [6.45, 7) is 0.364. The van der Waals surface area contributed by atoms with Crippen LogP contribution in [-0.2, 0) is 16.1 Å². The van der Waals surface area contributed by atoms with Crippen molar-refractivity contribution >= 4 is 5.97 Å². The van der Waals surface area contributed by atoms with Crippen molar-refractivity contribution in [3.05, 3.63) is 35.9 Å². The van der Waals surface area contributed by atoms with E-state index in [0.29, 0.717) is 6.61 Å². The van der Waals surface area contributed by atoms with E-state index in [1.165, 1.54) is 6.42 Å². The van der Waals surface area contributed by atoms with Gasteiger partial charge in [-0.1, -0.05) is 49.6 Å². The summed E-state index contributed by atoms with van der Waals surface area (Å²) < 4.78 is 5.46. The van der Waals surface area contributed by atoms with Gasteiger partial charge in [0, 0.05) is 0 Å². The molecule has 0 aliphatic heterocycles. The number of esters is 1. The van der Waals surface area contributed by atoms with Crippen LogP contribution in [0.1, 0.15) is 37.7 Å². The quantitative estimate of drug-likeness (QED) is 0.831. The Morgan fingerprint density at radius 1 is 1.22 bits per heavy atom. The predicted molar refractivity (Wildman–Crippen MR) is 71.1 cm³/mol. The number of rotatable bonds is 4. The standard InChI is InChI=1S/C15H21NO2/c1-16-15(10-6-3-7-11-15)14(17)18-12-13-8-4-2-5-9-13/h2,4-5,8-9,16H,3,6-7,10-12H2,1H3. The van der Waals surface area contributed by atoms with Crippen LogP contribution in [0.3, 0.4) is 0 Å². The van der Waals surface area contributed by atoms with Crippen molar-refractivity contribution in [2.45, 2.75) is 44.2 Å². The molecule has 0 amide bonds. The zero-order valence-electron chi connectivity index (χ0n) is 10.9. The van der Waals surface area contributed by atoms with Crippen LogP contribution in [0.5, 0.6) is 0 Å². The number of carbonyl (C=O) groups excluding carboxylic acids is 1. The van der Waals surface area contributed by atoms with Crippen molar-refractivity contribution in [1.82, 2.24) is 5.32 Å². The highest BCUT2D eigenvalue weighted by Crippen LogP contribution is 2.29. The molecule has 1 fully saturated rings. The number of carbonyl (C=O) groups is 1. The average Bonchev–Trinajstić information content (AvgIpc) is 2.46. The molecule has 3 nitrogen and oxygen atoms in total. The molecule has 0 aromatic heterocycles. The monoisotopic (exact) mass is 247 g/mol. The molecule has 1 aromatic carbocycles. The molecule has 1 saturated carbocycles. The molecular formula is C15H21NO2. The Morgan fingerprint density at radius 3 is 2.50 bits per heavy atom. The topological polar surface area (TPSA) is 38.3 Å². The summed E-state index contributed by atoms with van der Waals surface area (Å²) in [6, 6.07) is 9.82. The lowest BCUT2D eigenvalue weighted by atomic mass is 9.82. The van der Waals surface area contributed by atoms with Crippen LogP contribution >= 0.6 is 0 Å². The third-order valence-corrected chi connectivity index (χ3v) is 3.79. The molecule has 0 saturated heterocycles. The molecule has 1 N–H and O–H groups in total. The van der Waals surface area contributed by atoms with E-state index in [0.717, 1.165) is 31.2 Å². The maximum absolute atomic E-state index is 12.2. The molecule has 1 aromatic rings. The number of hydrogen-bond donors (Lipinski definition) is 1. The maximum atomic E-state index is 12.2. The Kier molecular flexibility index (Phi) is 4.37. The Morgan fingerprint density at radius 2 is 1.89 bits per heavy atom. The molecule has 0 unspecified atom stereocenters. The summed E-state index contributed by atoms with van der Waals surface area (Å²) in [7, 11) is 1.86. The number of benzene rings is 1. The maximum Gasteiger partial charge on any atom is 0.326 e. The minimum atomic E-state index is -0.451. The van der Waals surface area contributed by atoms with Crippen LogP contribution in [-0.4, -0.2) is 18.6 Å². The molecule has 0 radical (unpaired) electrons. The van der Waals surface area contributed by atoms with Crippen LogP contribution < -0.4 is 5.32 Å². The van der Waals surface area contributed by atoms with Gasteiger partial charge in [-0.2, -0.15) is 0 Å². The first-order chi connectivity index (χ1) is 8.77. The molecular weight excluding hydrogens is 226 g/mol. The molecule has 1 aliphatic carbocycles. The van der Waals surface area contributed by atoms with Gasteiger partial charge < -0.3 is 10.1 Å². The van der Waals surface area contributed by atoms with E-state index in [-0.39, 0.29) is 5.97 Å². The first-order valence-corrected chi connectivity index (χ1v) is 6.67. The minimum Gasteiger partial charge on any atom is -0.459 e. The third-order valence-electron chi connectivity index (χ3n) is 3.79. The average molecular weight is 247 g/mol. The normalized spacial score (nSPS) is 18.3. The molecule has 0 bridgehead atoms. The van der Waals surface area contributed by atoms with E-state index in [2.05, 4.69) is 5.32 Å². The second-order valence-electron chi connectivity index (χ2n) is 4.95. The zero-order chi connectivity index (χ0) is 12.8. The molecule has 1 aliphatic rings. The first kappa shape index (κ1) is 13.1. The molecule has 0 heterocycles. The number of likely N-dealkylation sites (N-methyl/N-ethyl adjacent to an activating group) is 1. The van der Waals surface area contributed by atoms with Crippen molar-refractivity contribution < 1.29 is 9.53 Å². The summed E-state index contributed by atoms with van der Waals surface area (Å²) in [5.41, 5.74) is 0.584. The highest BCUT2D eigenvalue weighted by molar-refractivity contribution is 5.81. The number of nitrogens with one attached hydrogen (secondary N) is 1. The van der Waals surface area contributed by atoms with Gasteiger partial charge in [-0.15, -0.1) is 0 Å². The smallest absolute Gasteiger partial charge is 0.326 e. The lowest BCUT2D eigenvalue weighted by Gasteiger charge is -2.34. The summed E-state index contributed by atoms with van der Waals surface area (Å²) in [5, 5.41) is 3.18. The molecule has 2 rings (SSSR count). The fourth-order valence-corrected chi connectivity index (χ4v) is 2.57. The second kappa shape index (κ2) is 6.01. The van der Waals surface area contributed by atoms with E-state index in [1.807, 2.05) is 37.4 Å². The molecule has 0 spiro atoms. The molecule has 0 atom stereocenters. The summed E-state index contributed by atoms with van der Waals surface area (Å²) in [5.74, 6) is -0.103. The van der Waals surface area contributed by atoms with Crippen molar-refractivity contribution in [2.24, 2.45) is 0 Å². The highest BCUT2D eigenvalue weighted by Gasteiger charge is 2.39. The van der Waals surface area contributed by atoms with E-state index in [9.17, 15) is 4.79 Å². The van der Waals surface area contributed by atoms with E-state index < -0.39 is 5.54 Å². The van der Waals surface area contributed by atoms with E-state index in [4.69, 9.17) is 4.74 Å². The van der Waals surface area contributed by atoms with Gasteiger partial charge in [-0.25, -0.2) is 0 Å². The van der Waals surface area contributed by atoms with Gasteiger partial charge in [0.25, 0.3) is 0 Å². The van der Waals surface area contributed by atoms with Gasteiger partial charge >= 0.3 is 5.97 Å². The highest BCUT2D eigenvalue weighted by atomic mass is 16.5. The molecule has 18 heavy (non-hydrogen) atoms. The van der Waals surface area contributed by atoms with Gasteiger partial charge in [0.05, 0.1) is 0 Å². The first-order valence-electron chi connectivity index (χ1n) is 6.67. The van der Waals surface area contributed by atoms with Crippen molar-refractivity contribution in [3.8, 4) is 0 Å². The minimum absolute atomic E-state index is 0.103. The number of ether oxygens (including phenoxy) is 1. The third kappa shape index (κ3) is 2.91. The van der Waals surface area contributed by atoms with Crippen molar-refractivity contribution in [1.29, 1.82) is 0 Å². The van der Waals surface area contributed by atoms with E-state index in [1.54, 1.807) is 0 Å². The van der Waals surface area contributed by atoms with Crippen LogP contribution in [0, 0.1) is 0 Å². The summed E-state index contributed by atoms with van der Waals surface area (Å²) in [6.07, 6.45) is 5.19. The van der Waals surface area contributed by atoms with Gasteiger partial charge in [-0.05, 0) is 25.5 Å². The van der Waals surface area contributed by atoms with Gasteiger partial charge in [0.1, 0.15) is 12.1 Å². The fourth-order valence-electron chi connectivity index (χ4n) is 2.57. The number of hydrogen-bond acceptors (Lipinski definition) is 3. The van der Waals surface area contributed by atoms with Gasteiger partial charge in [0.2, 0.25) is 0 Å². The summed E-state index contributed by atoms with van der Waals surface area (Å²) in [4.78, 5) is 12.2. The summed E-state index contributed by atoms with van der Waals surface area (Å²) >= 11 is 0. The fraction of sp³-hybridized carbons (Fsp3) is 0.533. The van der Waals surface area contributed by atoms with Crippen molar-refractivity contribution in [3.63, 3.8) is 0 Å². The SMILES string of the molecule is CNC1(C(=O)OCc2ccccc2)CCCCC1. The second-order valence-corrected chi connectivity index (χ2v) is 4.95. The lowest BCUT2D eigenvalue weighted by Crippen LogP contribution is -2.52. The Balaban J connectivity index is 1.94. The van der Waals surface area contributed by atoms with Gasteiger partial charge in [0.15, 0.2) is 0 Å².